The number of benzene rings is 1. The van der Waals surface area contributed by atoms with E-state index < -0.39 is 0 Å². The van der Waals surface area contributed by atoms with Gasteiger partial charge in [-0.2, -0.15) is 0 Å². The third kappa shape index (κ3) is 3.85. The van der Waals surface area contributed by atoms with Gasteiger partial charge >= 0.3 is 0 Å². The van der Waals surface area contributed by atoms with Gasteiger partial charge in [0.1, 0.15) is 5.82 Å². The van der Waals surface area contributed by atoms with Gasteiger partial charge in [-0.25, -0.2) is 4.98 Å². The molecule has 0 saturated carbocycles. The van der Waals surface area contributed by atoms with Crippen molar-refractivity contribution in [3.63, 3.8) is 0 Å². The van der Waals surface area contributed by atoms with Gasteiger partial charge in [-0.1, -0.05) is 17.3 Å². The van der Waals surface area contributed by atoms with E-state index in [0.29, 0.717) is 25.4 Å². The number of aryl methyl sites for hydroxylation is 1. The van der Waals surface area contributed by atoms with Gasteiger partial charge in [0.25, 0.3) is 5.91 Å². The molecule has 0 bridgehead atoms. The second-order valence-corrected chi connectivity index (χ2v) is 5.65. The molecule has 0 radical (unpaired) electrons. The first kappa shape index (κ1) is 16.7. The number of imidazole rings is 1. The molecule has 8 nitrogen and oxygen atoms in total. The van der Waals surface area contributed by atoms with Crippen LogP contribution in [0.5, 0.6) is 0 Å². The van der Waals surface area contributed by atoms with Gasteiger partial charge in [-0.15, -0.1) is 0 Å². The topological polar surface area (TPSA) is 102 Å². The van der Waals surface area contributed by atoms with E-state index in [9.17, 15) is 9.59 Å². The molecule has 3 aromatic rings. The minimum Gasteiger partial charge on any atom is -0.359 e. The highest BCUT2D eigenvalue weighted by atomic mass is 16.5. The lowest BCUT2D eigenvalue weighted by molar-refractivity contribution is -0.118. The normalized spacial score (nSPS) is 10.8. The van der Waals surface area contributed by atoms with Gasteiger partial charge in [-0.05, 0) is 19.1 Å². The molecule has 2 heterocycles. The maximum absolute atomic E-state index is 12.0. The molecule has 0 aliphatic carbocycles. The molecule has 0 atom stereocenters. The molecule has 0 aliphatic rings. The van der Waals surface area contributed by atoms with E-state index >= 15 is 0 Å². The van der Waals surface area contributed by atoms with Crippen LogP contribution in [0, 0.1) is 6.92 Å². The number of rotatable bonds is 6. The lowest BCUT2D eigenvalue weighted by Crippen LogP contribution is -2.33. The van der Waals surface area contributed by atoms with Gasteiger partial charge < -0.3 is 19.7 Å². The van der Waals surface area contributed by atoms with Crippen molar-refractivity contribution < 1.29 is 14.1 Å². The Kier molecular flexibility index (Phi) is 4.78. The van der Waals surface area contributed by atoms with Gasteiger partial charge in [0.15, 0.2) is 11.5 Å². The summed E-state index contributed by atoms with van der Waals surface area (Å²) >= 11 is 0. The summed E-state index contributed by atoms with van der Waals surface area (Å²) in [4.78, 5) is 27.3. The van der Waals surface area contributed by atoms with E-state index in [1.807, 2.05) is 35.8 Å². The quantitative estimate of drug-likeness (QED) is 0.657. The van der Waals surface area contributed by atoms with Crippen LogP contribution < -0.4 is 10.6 Å². The van der Waals surface area contributed by atoms with Crippen LogP contribution in [0.2, 0.25) is 0 Å². The highest BCUT2D eigenvalue weighted by molar-refractivity contribution is 5.92. The smallest absolute Gasteiger partial charge is 0.273 e. The summed E-state index contributed by atoms with van der Waals surface area (Å²) in [5, 5.41) is 9.09. The van der Waals surface area contributed by atoms with Gasteiger partial charge in [-0.3, -0.25) is 9.59 Å². The minimum atomic E-state index is -0.340. The number of nitrogens with zero attached hydrogens (tertiary/aromatic N) is 3. The number of para-hydroxylation sites is 2. The summed E-state index contributed by atoms with van der Waals surface area (Å²) in [6.45, 7) is 4.48. The number of carbonyl (C=O) groups is 2. The van der Waals surface area contributed by atoms with E-state index in [-0.39, 0.29) is 17.5 Å². The highest BCUT2D eigenvalue weighted by Crippen LogP contribution is 2.17. The summed E-state index contributed by atoms with van der Waals surface area (Å²) < 4.78 is 7.29. The number of nitrogens with one attached hydrogen (secondary N) is 2. The number of carbonyl (C=O) groups excluding carboxylic acids is 2. The third-order valence-electron chi connectivity index (χ3n) is 3.74. The van der Waals surface area contributed by atoms with Crippen molar-refractivity contribution in [1.29, 1.82) is 0 Å². The summed E-state index contributed by atoms with van der Waals surface area (Å²) in [6.07, 6.45) is 0. The van der Waals surface area contributed by atoms with Crippen molar-refractivity contribution in [3.8, 4) is 0 Å². The maximum atomic E-state index is 12.0. The Hall–Kier alpha value is -3.16. The zero-order valence-electron chi connectivity index (χ0n) is 14.1. The number of amides is 2. The van der Waals surface area contributed by atoms with Crippen LogP contribution in [0.3, 0.4) is 0 Å². The fourth-order valence-corrected chi connectivity index (χ4v) is 2.55. The van der Waals surface area contributed by atoms with Crippen LogP contribution in [0.4, 0.5) is 0 Å². The number of fused-ring (bicyclic) bond motifs is 1. The van der Waals surface area contributed by atoms with Crippen molar-refractivity contribution in [2.24, 2.45) is 0 Å². The first-order valence-corrected chi connectivity index (χ1v) is 7.94. The molecule has 0 saturated heterocycles. The summed E-state index contributed by atoms with van der Waals surface area (Å²) in [5.74, 6) is 0.950. The van der Waals surface area contributed by atoms with Gasteiger partial charge in [0.2, 0.25) is 5.91 Å². The van der Waals surface area contributed by atoms with E-state index in [0.717, 1.165) is 16.9 Å². The van der Waals surface area contributed by atoms with Crippen molar-refractivity contribution in [2.45, 2.75) is 20.4 Å². The molecule has 1 aromatic carbocycles. The lowest BCUT2D eigenvalue weighted by Gasteiger charge is -2.03. The number of hydrogen-bond acceptors (Lipinski definition) is 5. The zero-order valence-corrected chi connectivity index (χ0v) is 14.1. The van der Waals surface area contributed by atoms with Crippen molar-refractivity contribution >= 4 is 22.8 Å². The number of hydrogen-bond donors (Lipinski definition) is 2. The van der Waals surface area contributed by atoms with Crippen LogP contribution in [0.15, 0.2) is 34.9 Å². The Labute approximate surface area is 144 Å². The molecular formula is C17H19N5O3. The molecule has 0 unspecified atom stereocenters. The second kappa shape index (κ2) is 7.16. The van der Waals surface area contributed by atoms with Crippen LogP contribution >= 0.6 is 0 Å². The molecule has 0 spiro atoms. The largest absolute Gasteiger partial charge is 0.359 e. The zero-order chi connectivity index (χ0) is 17.8. The molecule has 2 N–H and O–H groups in total. The Morgan fingerprint density at radius 2 is 1.96 bits per heavy atom. The fraction of sp³-hybridized carbons (Fsp3) is 0.294. The van der Waals surface area contributed by atoms with E-state index in [2.05, 4.69) is 20.8 Å². The molecule has 2 aromatic heterocycles. The highest BCUT2D eigenvalue weighted by Gasteiger charge is 2.14. The van der Waals surface area contributed by atoms with Crippen LogP contribution in [0.1, 0.15) is 29.0 Å². The van der Waals surface area contributed by atoms with E-state index in [1.54, 1.807) is 6.07 Å². The van der Waals surface area contributed by atoms with Crippen LogP contribution in [0.25, 0.3) is 11.0 Å². The predicted octanol–water partition coefficient (Wildman–Crippen LogP) is 1.25. The second-order valence-electron chi connectivity index (χ2n) is 5.65. The molecule has 8 heteroatoms. The SMILES string of the molecule is CC(=O)NCCNC(=O)c1cc(Cn2c(C)nc3ccccc32)on1. The average molecular weight is 341 g/mol. The fourth-order valence-electron chi connectivity index (χ4n) is 2.55. The van der Waals surface area contributed by atoms with E-state index in [1.165, 1.54) is 6.92 Å². The maximum Gasteiger partial charge on any atom is 0.273 e. The molecular weight excluding hydrogens is 322 g/mol. The van der Waals surface area contributed by atoms with Crippen molar-refractivity contribution in [2.75, 3.05) is 13.1 Å². The molecule has 0 fully saturated rings. The van der Waals surface area contributed by atoms with Gasteiger partial charge in [0, 0.05) is 26.1 Å². The molecule has 130 valence electrons. The number of aromatic nitrogens is 3. The summed E-state index contributed by atoms with van der Waals surface area (Å²) in [5.41, 5.74) is 2.12. The average Bonchev–Trinajstić information content (AvgIpc) is 3.17. The Bertz CT molecular complexity index is 912. The van der Waals surface area contributed by atoms with Crippen molar-refractivity contribution in [1.82, 2.24) is 25.3 Å². The van der Waals surface area contributed by atoms with Gasteiger partial charge in [0.05, 0.1) is 17.6 Å². The van der Waals surface area contributed by atoms with Crippen LogP contribution in [-0.2, 0) is 11.3 Å². The third-order valence-corrected chi connectivity index (χ3v) is 3.74. The first-order valence-electron chi connectivity index (χ1n) is 7.94. The molecule has 25 heavy (non-hydrogen) atoms. The standard InChI is InChI=1S/C17H19N5O3/c1-11-20-14-5-3-4-6-16(14)22(11)10-13-9-15(21-25-13)17(24)19-8-7-18-12(2)23/h3-6,9H,7-8,10H2,1-2H3,(H,18,23)(H,19,24). The Morgan fingerprint density at radius 1 is 1.20 bits per heavy atom. The molecule has 3 rings (SSSR count). The Morgan fingerprint density at radius 3 is 2.76 bits per heavy atom. The van der Waals surface area contributed by atoms with E-state index in [4.69, 9.17) is 4.52 Å². The summed E-state index contributed by atoms with van der Waals surface area (Å²) in [7, 11) is 0. The molecule has 2 amide bonds. The Balaban J connectivity index is 1.66. The monoisotopic (exact) mass is 341 g/mol. The molecule has 0 aliphatic heterocycles. The first-order chi connectivity index (χ1) is 12.0. The summed E-state index contributed by atoms with van der Waals surface area (Å²) in [6, 6.07) is 9.45. The van der Waals surface area contributed by atoms with Crippen LogP contribution in [-0.4, -0.2) is 39.6 Å². The predicted molar refractivity (Wildman–Crippen MR) is 91.1 cm³/mol. The van der Waals surface area contributed by atoms with Crippen molar-refractivity contribution in [3.05, 3.63) is 47.6 Å². The lowest BCUT2D eigenvalue weighted by atomic mass is 10.3. The minimum absolute atomic E-state index is 0.138.